The number of hydrogen-bond acceptors (Lipinski definition) is 3. The zero-order chi connectivity index (χ0) is 11.4. The van der Waals surface area contributed by atoms with Crippen molar-refractivity contribution in [2.24, 2.45) is 5.73 Å². The fraction of sp³-hybridized carbons (Fsp3) is 0.600. The van der Waals surface area contributed by atoms with Crippen LogP contribution in [0.4, 0.5) is 0 Å². The smallest absolute Gasteiger partial charge is 0.308 e. The average Bonchev–Trinajstić information content (AvgIpc) is 2.49. The molecule has 0 saturated carbocycles. The molecule has 4 nitrogen and oxygen atoms in total. The minimum absolute atomic E-state index is 0.0934. The molecular weight excluding hydrogens is 212 g/mol. The Morgan fingerprint density at radius 2 is 2.27 bits per heavy atom. The Morgan fingerprint density at radius 3 is 2.73 bits per heavy atom. The monoisotopic (exact) mass is 228 g/mol. The summed E-state index contributed by atoms with van der Waals surface area (Å²) in [4.78, 5) is 23.6. The largest absolute Gasteiger partial charge is 0.368 e. The molecule has 15 heavy (non-hydrogen) atoms. The van der Waals surface area contributed by atoms with Crippen molar-refractivity contribution < 1.29 is 4.79 Å². The molecule has 84 valence electrons. The highest BCUT2D eigenvalue weighted by Crippen LogP contribution is 2.13. The van der Waals surface area contributed by atoms with Gasteiger partial charge in [-0.3, -0.25) is 14.2 Å². The van der Waals surface area contributed by atoms with Gasteiger partial charge in [-0.15, -0.1) is 0 Å². The zero-order valence-corrected chi connectivity index (χ0v) is 9.84. The van der Waals surface area contributed by atoms with Gasteiger partial charge in [-0.05, 0) is 12.8 Å². The number of carbonyl (C=O) groups is 1. The summed E-state index contributed by atoms with van der Waals surface area (Å²) in [6.07, 6.45) is 4.18. The first-order chi connectivity index (χ1) is 7.10. The van der Waals surface area contributed by atoms with E-state index in [-0.39, 0.29) is 4.87 Å². The summed E-state index contributed by atoms with van der Waals surface area (Å²) in [6, 6.07) is -0.501. The Morgan fingerprint density at radius 1 is 1.60 bits per heavy atom. The normalized spacial score (nSPS) is 12.7. The zero-order valence-electron chi connectivity index (χ0n) is 9.03. The number of nitrogens with zero attached hydrogens (tertiary/aromatic N) is 1. The molecule has 1 heterocycles. The summed E-state index contributed by atoms with van der Waals surface area (Å²) in [7, 11) is 0. The van der Waals surface area contributed by atoms with Crippen molar-refractivity contribution in [2.75, 3.05) is 0 Å². The number of nitrogens with two attached hydrogens (primary N) is 1. The number of amides is 1. The second-order valence-electron chi connectivity index (χ2n) is 3.45. The molecule has 0 aromatic carbocycles. The van der Waals surface area contributed by atoms with Gasteiger partial charge in [-0.1, -0.05) is 31.6 Å². The van der Waals surface area contributed by atoms with Crippen LogP contribution >= 0.6 is 11.3 Å². The minimum atomic E-state index is -0.501. The van der Waals surface area contributed by atoms with Gasteiger partial charge in [-0.25, -0.2) is 0 Å². The van der Waals surface area contributed by atoms with Gasteiger partial charge in [0.25, 0.3) is 0 Å². The van der Waals surface area contributed by atoms with Crippen molar-refractivity contribution in [1.29, 1.82) is 0 Å². The Bertz CT molecular complexity index is 394. The number of rotatable bonds is 5. The van der Waals surface area contributed by atoms with Gasteiger partial charge in [0.2, 0.25) is 5.91 Å². The second-order valence-corrected chi connectivity index (χ2v) is 4.52. The lowest BCUT2D eigenvalue weighted by atomic mass is 10.2. The molecule has 0 radical (unpaired) electrons. The van der Waals surface area contributed by atoms with Gasteiger partial charge in [0.15, 0.2) is 0 Å². The topological polar surface area (TPSA) is 65.1 Å². The van der Waals surface area contributed by atoms with Crippen LogP contribution in [0, 0.1) is 0 Å². The molecule has 0 bridgehead atoms. The van der Waals surface area contributed by atoms with Crippen molar-refractivity contribution >= 4 is 17.2 Å². The van der Waals surface area contributed by atoms with E-state index in [1.54, 1.807) is 6.20 Å². The highest BCUT2D eigenvalue weighted by molar-refractivity contribution is 7.09. The molecule has 0 spiro atoms. The minimum Gasteiger partial charge on any atom is -0.368 e. The lowest BCUT2D eigenvalue weighted by Gasteiger charge is -2.10. The van der Waals surface area contributed by atoms with E-state index in [9.17, 15) is 9.59 Å². The molecular formula is C10H16N2O2S. The van der Waals surface area contributed by atoms with E-state index in [1.807, 2.05) is 6.92 Å². The molecule has 0 aliphatic carbocycles. The number of primary amides is 1. The standard InChI is InChI=1S/C10H16N2O2S/c1-3-5-7-6-12(10(14)15-7)8(4-2)9(11)13/h6,8H,3-5H2,1-2H3,(H2,11,13)/t8-/m0/s1. The SMILES string of the molecule is CCCc1cn([C@@H](CC)C(N)=O)c(=O)s1. The Labute approximate surface area is 92.7 Å². The third-order valence-electron chi connectivity index (χ3n) is 2.26. The van der Waals surface area contributed by atoms with E-state index >= 15 is 0 Å². The van der Waals surface area contributed by atoms with E-state index in [1.165, 1.54) is 15.9 Å². The third-order valence-corrected chi connectivity index (χ3v) is 3.22. The van der Waals surface area contributed by atoms with Crippen LogP contribution in [0.15, 0.2) is 11.0 Å². The molecule has 1 atom stereocenters. The van der Waals surface area contributed by atoms with E-state index in [0.29, 0.717) is 6.42 Å². The maximum absolute atomic E-state index is 11.6. The lowest BCUT2D eigenvalue weighted by molar-refractivity contribution is -0.121. The van der Waals surface area contributed by atoms with Crippen LogP contribution in [0.5, 0.6) is 0 Å². The Kier molecular flexibility index (Phi) is 4.08. The van der Waals surface area contributed by atoms with Crippen molar-refractivity contribution in [3.63, 3.8) is 0 Å². The highest BCUT2D eigenvalue weighted by atomic mass is 32.1. The molecule has 0 fully saturated rings. The van der Waals surface area contributed by atoms with Crippen molar-refractivity contribution in [1.82, 2.24) is 4.57 Å². The molecule has 0 aliphatic heterocycles. The summed E-state index contributed by atoms with van der Waals surface area (Å²) in [6.45, 7) is 3.90. The number of aromatic nitrogens is 1. The van der Waals surface area contributed by atoms with Crippen LogP contribution < -0.4 is 10.6 Å². The second kappa shape index (κ2) is 5.11. The molecule has 0 saturated heterocycles. The van der Waals surface area contributed by atoms with Crippen molar-refractivity contribution in [2.45, 2.75) is 39.2 Å². The maximum atomic E-state index is 11.6. The first kappa shape index (κ1) is 12.0. The van der Waals surface area contributed by atoms with Crippen LogP contribution in [-0.2, 0) is 11.2 Å². The molecule has 1 aromatic heterocycles. The lowest BCUT2D eigenvalue weighted by Crippen LogP contribution is -2.30. The molecule has 0 aliphatic rings. The van der Waals surface area contributed by atoms with Crippen molar-refractivity contribution in [3.8, 4) is 0 Å². The van der Waals surface area contributed by atoms with Gasteiger partial charge < -0.3 is 5.73 Å². The van der Waals surface area contributed by atoms with Gasteiger partial charge in [0.05, 0.1) is 0 Å². The summed E-state index contributed by atoms with van der Waals surface area (Å²) >= 11 is 1.20. The van der Waals surface area contributed by atoms with Gasteiger partial charge in [-0.2, -0.15) is 0 Å². The van der Waals surface area contributed by atoms with E-state index < -0.39 is 11.9 Å². The average molecular weight is 228 g/mol. The first-order valence-electron chi connectivity index (χ1n) is 5.10. The summed E-state index contributed by atoms with van der Waals surface area (Å²) < 4.78 is 1.46. The molecule has 1 aromatic rings. The Balaban J connectivity index is 3.02. The number of thiazole rings is 1. The molecule has 2 N–H and O–H groups in total. The summed E-state index contributed by atoms with van der Waals surface area (Å²) in [5.41, 5.74) is 5.24. The maximum Gasteiger partial charge on any atom is 0.308 e. The molecule has 1 amide bonds. The first-order valence-corrected chi connectivity index (χ1v) is 5.92. The van der Waals surface area contributed by atoms with E-state index in [0.717, 1.165) is 17.7 Å². The Hall–Kier alpha value is -1.10. The van der Waals surface area contributed by atoms with Crippen LogP contribution in [0.1, 0.15) is 37.6 Å². The predicted octanol–water partition coefficient (Wildman–Crippen LogP) is 1.30. The van der Waals surface area contributed by atoms with Crippen LogP contribution in [0.3, 0.4) is 0 Å². The van der Waals surface area contributed by atoms with E-state index in [2.05, 4.69) is 6.92 Å². The van der Waals surface area contributed by atoms with Crippen LogP contribution in [0.2, 0.25) is 0 Å². The fourth-order valence-electron chi connectivity index (χ4n) is 1.51. The van der Waals surface area contributed by atoms with Crippen LogP contribution in [0.25, 0.3) is 0 Å². The quantitative estimate of drug-likeness (QED) is 0.825. The number of carbonyl (C=O) groups excluding carboxylic acids is 1. The van der Waals surface area contributed by atoms with E-state index in [4.69, 9.17) is 5.73 Å². The third kappa shape index (κ3) is 2.68. The van der Waals surface area contributed by atoms with Gasteiger partial charge in [0, 0.05) is 11.1 Å². The summed E-state index contributed by atoms with van der Waals surface area (Å²) in [5, 5.41) is 0. The molecule has 0 unspecified atom stereocenters. The molecule has 1 rings (SSSR count). The molecule has 5 heteroatoms. The predicted molar refractivity (Wildman–Crippen MR) is 61.1 cm³/mol. The van der Waals surface area contributed by atoms with Crippen LogP contribution in [-0.4, -0.2) is 10.5 Å². The number of hydrogen-bond donors (Lipinski definition) is 1. The summed E-state index contributed by atoms with van der Waals surface area (Å²) in [5.74, 6) is -0.444. The van der Waals surface area contributed by atoms with Gasteiger partial charge >= 0.3 is 4.87 Å². The van der Waals surface area contributed by atoms with Gasteiger partial charge in [0.1, 0.15) is 6.04 Å². The van der Waals surface area contributed by atoms with Crippen molar-refractivity contribution in [3.05, 3.63) is 20.7 Å². The highest BCUT2D eigenvalue weighted by Gasteiger charge is 2.18. The number of aryl methyl sites for hydroxylation is 1. The fourth-order valence-corrected chi connectivity index (χ4v) is 2.50.